The SMILES string of the molecule is CCOCCN(CC)c1cc(Cl)ccc1C#N. The minimum Gasteiger partial charge on any atom is -0.380 e. The van der Waals surface area contributed by atoms with Crippen LogP contribution in [0.3, 0.4) is 0 Å². The Morgan fingerprint density at radius 3 is 2.76 bits per heavy atom. The highest BCUT2D eigenvalue weighted by Crippen LogP contribution is 2.24. The van der Waals surface area contributed by atoms with Crippen LogP contribution in [-0.4, -0.2) is 26.3 Å². The maximum absolute atomic E-state index is 9.07. The predicted octanol–water partition coefficient (Wildman–Crippen LogP) is 3.07. The number of nitrogens with zero attached hydrogens (tertiary/aromatic N) is 2. The number of likely N-dealkylation sites (N-methyl/N-ethyl adjacent to an activating group) is 1. The first kappa shape index (κ1) is 13.8. The van der Waals surface area contributed by atoms with Crippen LogP contribution in [0, 0.1) is 11.3 Å². The van der Waals surface area contributed by atoms with Crippen LogP contribution in [0.1, 0.15) is 19.4 Å². The Kier molecular flexibility index (Phi) is 5.82. The summed E-state index contributed by atoms with van der Waals surface area (Å²) in [6.45, 7) is 6.96. The summed E-state index contributed by atoms with van der Waals surface area (Å²) in [5.41, 5.74) is 1.52. The molecule has 1 aromatic rings. The third-order valence-electron chi connectivity index (χ3n) is 2.51. The number of anilines is 1. The molecular weight excluding hydrogens is 236 g/mol. The zero-order chi connectivity index (χ0) is 12.7. The number of hydrogen-bond donors (Lipinski definition) is 0. The van der Waals surface area contributed by atoms with Gasteiger partial charge in [-0.25, -0.2) is 0 Å². The van der Waals surface area contributed by atoms with E-state index < -0.39 is 0 Å². The monoisotopic (exact) mass is 252 g/mol. The average molecular weight is 253 g/mol. The van der Waals surface area contributed by atoms with Crippen molar-refractivity contribution in [1.29, 1.82) is 5.26 Å². The van der Waals surface area contributed by atoms with Crippen LogP contribution in [0.15, 0.2) is 18.2 Å². The standard InChI is InChI=1S/C13H17ClN2O/c1-3-16(7-8-17-4-2)13-9-12(14)6-5-11(13)10-15/h5-6,9H,3-4,7-8H2,1-2H3. The first-order valence-corrected chi connectivity index (χ1v) is 6.13. The molecule has 3 nitrogen and oxygen atoms in total. The molecule has 0 aliphatic heterocycles. The molecule has 0 unspecified atom stereocenters. The van der Waals surface area contributed by atoms with E-state index in [1.165, 1.54) is 0 Å². The lowest BCUT2D eigenvalue weighted by Crippen LogP contribution is -2.27. The summed E-state index contributed by atoms with van der Waals surface area (Å²) >= 11 is 5.97. The van der Waals surface area contributed by atoms with Gasteiger partial charge in [0.25, 0.3) is 0 Å². The Bertz CT molecular complexity index is 401. The Labute approximate surface area is 108 Å². The molecule has 0 radical (unpaired) electrons. The van der Waals surface area contributed by atoms with Gasteiger partial charge in [0.15, 0.2) is 0 Å². The number of halogens is 1. The molecule has 0 heterocycles. The quantitative estimate of drug-likeness (QED) is 0.730. The normalized spacial score (nSPS) is 10.0. The van der Waals surface area contributed by atoms with Gasteiger partial charge < -0.3 is 9.64 Å². The topological polar surface area (TPSA) is 36.3 Å². The third-order valence-corrected chi connectivity index (χ3v) is 2.75. The van der Waals surface area contributed by atoms with Gasteiger partial charge in [-0.1, -0.05) is 11.6 Å². The maximum Gasteiger partial charge on any atom is 0.101 e. The molecular formula is C13H17ClN2O. The van der Waals surface area contributed by atoms with Gasteiger partial charge in [0.2, 0.25) is 0 Å². The molecule has 0 N–H and O–H groups in total. The highest BCUT2D eigenvalue weighted by Gasteiger charge is 2.10. The summed E-state index contributed by atoms with van der Waals surface area (Å²) in [5.74, 6) is 0. The van der Waals surface area contributed by atoms with Crippen LogP contribution in [0.4, 0.5) is 5.69 Å². The van der Waals surface area contributed by atoms with E-state index in [1.807, 2.05) is 19.9 Å². The summed E-state index contributed by atoms with van der Waals surface area (Å²) in [6, 6.07) is 7.50. The molecule has 1 aromatic carbocycles. The van der Waals surface area contributed by atoms with Crippen LogP contribution in [0.5, 0.6) is 0 Å². The molecule has 0 aliphatic rings. The lowest BCUT2D eigenvalue weighted by molar-refractivity contribution is 0.154. The van der Waals surface area contributed by atoms with E-state index in [1.54, 1.807) is 12.1 Å². The minimum atomic E-state index is 0.646. The van der Waals surface area contributed by atoms with Gasteiger partial charge in [-0.2, -0.15) is 5.26 Å². The van der Waals surface area contributed by atoms with Crippen molar-refractivity contribution in [3.63, 3.8) is 0 Å². The maximum atomic E-state index is 9.07. The summed E-state index contributed by atoms with van der Waals surface area (Å²) in [4.78, 5) is 2.10. The number of rotatable bonds is 6. The highest BCUT2D eigenvalue weighted by molar-refractivity contribution is 6.30. The molecule has 0 saturated carbocycles. The Balaban J connectivity index is 2.86. The van der Waals surface area contributed by atoms with Gasteiger partial charge >= 0.3 is 0 Å². The molecule has 0 amide bonds. The molecule has 0 saturated heterocycles. The van der Waals surface area contributed by atoms with Gasteiger partial charge in [-0.3, -0.25) is 0 Å². The minimum absolute atomic E-state index is 0.646. The zero-order valence-corrected chi connectivity index (χ0v) is 11.0. The van der Waals surface area contributed by atoms with Crippen molar-refractivity contribution in [2.45, 2.75) is 13.8 Å². The van der Waals surface area contributed by atoms with Crippen LogP contribution in [0.2, 0.25) is 5.02 Å². The van der Waals surface area contributed by atoms with E-state index >= 15 is 0 Å². The second kappa shape index (κ2) is 7.16. The van der Waals surface area contributed by atoms with E-state index in [0.29, 0.717) is 23.8 Å². The Morgan fingerprint density at radius 1 is 1.41 bits per heavy atom. The summed E-state index contributed by atoms with van der Waals surface area (Å²) in [5, 5.41) is 9.72. The average Bonchev–Trinajstić information content (AvgIpc) is 2.35. The van der Waals surface area contributed by atoms with E-state index in [9.17, 15) is 0 Å². The van der Waals surface area contributed by atoms with Crippen LogP contribution in [-0.2, 0) is 4.74 Å². The molecule has 1 rings (SSSR count). The van der Waals surface area contributed by atoms with Crippen molar-refractivity contribution < 1.29 is 4.74 Å². The van der Waals surface area contributed by atoms with E-state index in [0.717, 1.165) is 18.8 Å². The number of ether oxygens (including phenoxy) is 1. The lowest BCUT2D eigenvalue weighted by atomic mass is 10.1. The van der Waals surface area contributed by atoms with Crippen LogP contribution >= 0.6 is 11.6 Å². The summed E-state index contributed by atoms with van der Waals surface area (Å²) < 4.78 is 5.33. The van der Waals surface area contributed by atoms with Gasteiger partial charge in [-0.15, -0.1) is 0 Å². The second-order valence-electron chi connectivity index (χ2n) is 3.55. The molecule has 0 spiro atoms. The first-order chi connectivity index (χ1) is 8.22. The van der Waals surface area contributed by atoms with Gasteiger partial charge in [0.05, 0.1) is 17.9 Å². The fourth-order valence-electron chi connectivity index (χ4n) is 1.63. The van der Waals surface area contributed by atoms with Crippen molar-refractivity contribution in [3.05, 3.63) is 28.8 Å². The van der Waals surface area contributed by atoms with Crippen molar-refractivity contribution >= 4 is 17.3 Å². The Hall–Kier alpha value is -1.24. The molecule has 4 heteroatoms. The number of nitriles is 1. The van der Waals surface area contributed by atoms with E-state index in [-0.39, 0.29) is 0 Å². The Morgan fingerprint density at radius 2 is 2.18 bits per heavy atom. The molecule has 0 aliphatic carbocycles. The third kappa shape index (κ3) is 3.92. The summed E-state index contributed by atoms with van der Waals surface area (Å²) in [6.07, 6.45) is 0. The number of benzene rings is 1. The zero-order valence-electron chi connectivity index (χ0n) is 10.2. The fraction of sp³-hybridized carbons (Fsp3) is 0.462. The summed E-state index contributed by atoms with van der Waals surface area (Å²) in [7, 11) is 0. The highest BCUT2D eigenvalue weighted by atomic mass is 35.5. The van der Waals surface area contributed by atoms with Crippen molar-refractivity contribution in [1.82, 2.24) is 0 Å². The van der Waals surface area contributed by atoms with Gasteiger partial charge in [0, 0.05) is 24.7 Å². The molecule has 0 atom stereocenters. The molecule has 17 heavy (non-hydrogen) atoms. The molecule has 0 bridgehead atoms. The number of hydrogen-bond acceptors (Lipinski definition) is 3. The van der Waals surface area contributed by atoms with E-state index in [4.69, 9.17) is 21.6 Å². The van der Waals surface area contributed by atoms with E-state index in [2.05, 4.69) is 11.0 Å². The van der Waals surface area contributed by atoms with Crippen LogP contribution < -0.4 is 4.90 Å². The largest absolute Gasteiger partial charge is 0.380 e. The molecule has 92 valence electrons. The van der Waals surface area contributed by atoms with Gasteiger partial charge in [0.1, 0.15) is 6.07 Å². The van der Waals surface area contributed by atoms with Crippen molar-refractivity contribution in [2.75, 3.05) is 31.2 Å². The van der Waals surface area contributed by atoms with Crippen molar-refractivity contribution in [3.8, 4) is 6.07 Å². The smallest absolute Gasteiger partial charge is 0.101 e. The lowest BCUT2D eigenvalue weighted by Gasteiger charge is -2.24. The second-order valence-corrected chi connectivity index (χ2v) is 3.99. The predicted molar refractivity (Wildman–Crippen MR) is 70.5 cm³/mol. The molecule has 0 aromatic heterocycles. The van der Waals surface area contributed by atoms with Gasteiger partial charge in [-0.05, 0) is 32.0 Å². The first-order valence-electron chi connectivity index (χ1n) is 5.75. The van der Waals surface area contributed by atoms with Crippen molar-refractivity contribution in [2.24, 2.45) is 0 Å². The molecule has 0 fully saturated rings. The fourth-order valence-corrected chi connectivity index (χ4v) is 1.80. The van der Waals surface area contributed by atoms with Crippen LogP contribution in [0.25, 0.3) is 0 Å².